The average Bonchev–Trinajstić information content (AvgIpc) is 3.22. The van der Waals surface area contributed by atoms with Crippen LogP contribution in [0.2, 0.25) is 0 Å². The van der Waals surface area contributed by atoms with Crippen molar-refractivity contribution < 1.29 is 4.79 Å². The number of benzene rings is 2. The third-order valence-electron chi connectivity index (χ3n) is 5.44. The fourth-order valence-corrected chi connectivity index (χ4v) is 4.10. The van der Waals surface area contributed by atoms with E-state index in [1.165, 1.54) is 41.5 Å². The van der Waals surface area contributed by atoms with Gasteiger partial charge in [0.05, 0.1) is 0 Å². The number of carbonyl (C=O) groups excluding carboxylic acids is 1. The normalized spacial score (nSPS) is 19.4. The minimum absolute atomic E-state index is 0.285. The molecule has 130 valence electrons. The van der Waals surface area contributed by atoms with E-state index in [1.807, 2.05) is 23.1 Å². The summed E-state index contributed by atoms with van der Waals surface area (Å²) in [7, 11) is 0. The molecule has 3 heteroatoms. The summed E-state index contributed by atoms with van der Waals surface area (Å²) in [5.41, 5.74) is 5.64. The molecule has 1 aliphatic carbocycles. The topological polar surface area (TPSA) is 32.3 Å². The number of nitrogens with zero attached hydrogens (tertiary/aromatic N) is 1. The van der Waals surface area contributed by atoms with Crippen LogP contribution in [0.5, 0.6) is 0 Å². The van der Waals surface area contributed by atoms with Crippen LogP contribution in [0.4, 0.5) is 0 Å². The second-order valence-electron chi connectivity index (χ2n) is 7.42. The third-order valence-corrected chi connectivity index (χ3v) is 5.44. The van der Waals surface area contributed by atoms with Gasteiger partial charge in [-0.3, -0.25) is 4.79 Å². The largest absolute Gasteiger partial charge is 0.338 e. The highest BCUT2D eigenvalue weighted by atomic mass is 16.2. The number of fused-ring (bicyclic) bond motifs is 1. The molecule has 0 spiro atoms. The number of aryl methyl sites for hydroxylation is 2. The van der Waals surface area contributed by atoms with E-state index in [0.717, 1.165) is 26.2 Å². The second-order valence-corrected chi connectivity index (χ2v) is 7.42. The molecule has 3 nitrogen and oxygen atoms in total. The number of rotatable bonds is 6. The minimum atomic E-state index is 0.285. The van der Waals surface area contributed by atoms with Crippen molar-refractivity contribution in [3.63, 3.8) is 0 Å². The minimum Gasteiger partial charge on any atom is -0.338 e. The lowest BCUT2D eigenvalue weighted by atomic mass is 10.1. The fourth-order valence-electron chi connectivity index (χ4n) is 4.10. The fraction of sp³-hybridized carbons (Fsp3) is 0.409. The van der Waals surface area contributed by atoms with E-state index in [9.17, 15) is 4.79 Å². The van der Waals surface area contributed by atoms with Crippen LogP contribution < -0.4 is 5.32 Å². The summed E-state index contributed by atoms with van der Waals surface area (Å²) in [6.07, 6.45) is 4.44. The molecule has 2 aromatic rings. The van der Waals surface area contributed by atoms with Gasteiger partial charge in [-0.05, 0) is 47.4 Å². The SMILES string of the molecule is O=C1CC(CNCc2ccc3c(c2)CCC3)CN1Cc1ccccc1. The van der Waals surface area contributed by atoms with Crippen molar-refractivity contribution in [2.24, 2.45) is 5.92 Å². The Labute approximate surface area is 150 Å². The van der Waals surface area contributed by atoms with E-state index in [2.05, 4.69) is 35.6 Å². The summed E-state index contributed by atoms with van der Waals surface area (Å²) >= 11 is 0. The number of hydrogen-bond donors (Lipinski definition) is 1. The van der Waals surface area contributed by atoms with Gasteiger partial charge in [-0.15, -0.1) is 0 Å². The van der Waals surface area contributed by atoms with Gasteiger partial charge in [-0.2, -0.15) is 0 Å². The van der Waals surface area contributed by atoms with Crippen molar-refractivity contribution in [3.05, 3.63) is 70.8 Å². The summed E-state index contributed by atoms with van der Waals surface area (Å²) in [5.74, 6) is 0.707. The number of amides is 1. The van der Waals surface area contributed by atoms with E-state index in [0.29, 0.717) is 12.3 Å². The Morgan fingerprint density at radius 3 is 2.72 bits per heavy atom. The lowest BCUT2D eigenvalue weighted by Crippen LogP contribution is -2.27. The second kappa shape index (κ2) is 7.40. The van der Waals surface area contributed by atoms with E-state index < -0.39 is 0 Å². The summed E-state index contributed by atoms with van der Waals surface area (Å²) in [5, 5.41) is 3.56. The predicted molar refractivity (Wildman–Crippen MR) is 100 cm³/mol. The molecule has 0 bridgehead atoms. The molecule has 0 radical (unpaired) electrons. The number of likely N-dealkylation sites (tertiary alicyclic amines) is 1. The first-order valence-corrected chi connectivity index (χ1v) is 9.41. The van der Waals surface area contributed by atoms with Crippen LogP contribution >= 0.6 is 0 Å². The van der Waals surface area contributed by atoms with Crippen LogP contribution in [0.3, 0.4) is 0 Å². The van der Waals surface area contributed by atoms with Crippen LogP contribution in [0.1, 0.15) is 35.1 Å². The molecular formula is C22H26N2O. The van der Waals surface area contributed by atoms with Crippen molar-refractivity contribution in [2.75, 3.05) is 13.1 Å². The standard InChI is InChI=1S/C22H26N2O/c25-22-12-19(16-24(22)15-17-5-2-1-3-6-17)14-23-13-18-9-10-20-7-4-8-21(20)11-18/h1-3,5-6,9-11,19,23H,4,7-8,12-16H2. The summed E-state index contributed by atoms with van der Waals surface area (Å²) in [6, 6.07) is 17.2. The van der Waals surface area contributed by atoms with Crippen molar-refractivity contribution in [2.45, 2.75) is 38.8 Å². The van der Waals surface area contributed by atoms with E-state index in [-0.39, 0.29) is 5.91 Å². The molecule has 2 aliphatic rings. The van der Waals surface area contributed by atoms with Gasteiger partial charge in [0, 0.05) is 32.6 Å². The Balaban J connectivity index is 1.26. The number of carbonyl (C=O) groups is 1. The van der Waals surface area contributed by atoms with Gasteiger partial charge >= 0.3 is 0 Å². The summed E-state index contributed by atoms with van der Waals surface area (Å²) in [6.45, 7) is 3.41. The van der Waals surface area contributed by atoms with Crippen LogP contribution in [0, 0.1) is 5.92 Å². The van der Waals surface area contributed by atoms with Gasteiger partial charge in [0.2, 0.25) is 5.91 Å². The van der Waals surface area contributed by atoms with Crippen molar-refractivity contribution in [1.29, 1.82) is 0 Å². The van der Waals surface area contributed by atoms with E-state index in [4.69, 9.17) is 0 Å². The molecule has 2 aromatic carbocycles. The van der Waals surface area contributed by atoms with E-state index in [1.54, 1.807) is 0 Å². The zero-order valence-electron chi connectivity index (χ0n) is 14.7. The Kier molecular flexibility index (Phi) is 4.84. The van der Waals surface area contributed by atoms with Crippen molar-refractivity contribution in [1.82, 2.24) is 10.2 Å². The molecule has 1 aliphatic heterocycles. The molecule has 1 unspecified atom stereocenters. The van der Waals surface area contributed by atoms with E-state index >= 15 is 0 Å². The molecule has 4 rings (SSSR count). The smallest absolute Gasteiger partial charge is 0.223 e. The molecule has 1 atom stereocenters. The van der Waals surface area contributed by atoms with Gasteiger partial charge in [0.15, 0.2) is 0 Å². The first-order chi connectivity index (χ1) is 12.3. The molecular weight excluding hydrogens is 308 g/mol. The highest BCUT2D eigenvalue weighted by Crippen LogP contribution is 2.23. The monoisotopic (exact) mass is 334 g/mol. The predicted octanol–water partition coefficient (Wildman–Crippen LogP) is 3.31. The van der Waals surface area contributed by atoms with Gasteiger partial charge in [-0.1, -0.05) is 48.5 Å². The summed E-state index contributed by atoms with van der Waals surface area (Å²) < 4.78 is 0. The highest BCUT2D eigenvalue weighted by molar-refractivity contribution is 5.78. The first-order valence-electron chi connectivity index (χ1n) is 9.41. The average molecular weight is 334 g/mol. The van der Waals surface area contributed by atoms with Gasteiger partial charge in [0.25, 0.3) is 0 Å². The lowest BCUT2D eigenvalue weighted by Gasteiger charge is -2.17. The van der Waals surface area contributed by atoms with Crippen molar-refractivity contribution >= 4 is 5.91 Å². The molecule has 1 saturated heterocycles. The quantitative estimate of drug-likeness (QED) is 0.879. The third kappa shape index (κ3) is 3.93. The maximum atomic E-state index is 12.2. The highest BCUT2D eigenvalue weighted by Gasteiger charge is 2.29. The molecule has 25 heavy (non-hydrogen) atoms. The molecule has 1 heterocycles. The number of hydrogen-bond acceptors (Lipinski definition) is 2. The Morgan fingerprint density at radius 2 is 1.84 bits per heavy atom. The lowest BCUT2D eigenvalue weighted by molar-refractivity contribution is -0.128. The Hall–Kier alpha value is -2.13. The molecule has 0 saturated carbocycles. The molecule has 1 N–H and O–H groups in total. The first kappa shape index (κ1) is 16.3. The molecule has 1 fully saturated rings. The maximum absolute atomic E-state index is 12.2. The Morgan fingerprint density at radius 1 is 1.00 bits per heavy atom. The van der Waals surface area contributed by atoms with Crippen LogP contribution in [0.25, 0.3) is 0 Å². The van der Waals surface area contributed by atoms with Gasteiger partial charge < -0.3 is 10.2 Å². The van der Waals surface area contributed by atoms with Gasteiger partial charge in [-0.25, -0.2) is 0 Å². The zero-order valence-corrected chi connectivity index (χ0v) is 14.7. The molecule has 1 amide bonds. The Bertz CT molecular complexity index is 741. The van der Waals surface area contributed by atoms with Crippen molar-refractivity contribution in [3.8, 4) is 0 Å². The number of nitrogens with one attached hydrogen (secondary N) is 1. The maximum Gasteiger partial charge on any atom is 0.223 e. The van der Waals surface area contributed by atoms with Crippen LogP contribution in [-0.4, -0.2) is 23.9 Å². The van der Waals surface area contributed by atoms with Crippen LogP contribution in [0.15, 0.2) is 48.5 Å². The van der Waals surface area contributed by atoms with Crippen LogP contribution in [-0.2, 0) is 30.7 Å². The summed E-state index contributed by atoms with van der Waals surface area (Å²) in [4.78, 5) is 14.2. The molecule has 0 aromatic heterocycles. The van der Waals surface area contributed by atoms with Gasteiger partial charge in [0.1, 0.15) is 0 Å². The zero-order chi connectivity index (χ0) is 17.1.